The van der Waals surface area contributed by atoms with E-state index in [0.29, 0.717) is 6.61 Å². The first-order chi connectivity index (χ1) is 9.13. The zero-order valence-corrected chi connectivity index (χ0v) is 11.3. The Morgan fingerprint density at radius 2 is 2.16 bits per heavy atom. The average molecular weight is 270 g/mol. The standard InChI is InChI=1S/C14H20F2N2O/c1-3-17-14-10-6-4-5-7-12(10)19-9-11(14)18(2)8-13(15)16/h4-7,11,13-14,17H,3,8-9H2,1-2H3. The van der Waals surface area contributed by atoms with Crippen LogP contribution in [-0.4, -0.2) is 44.1 Å². The SMILES string of the molecule is CCNC1c2ccccc2OCC1N(C)CC(F)F. The molecule has 1 aromatic carbocycles. The molecule has 0 amide bonds. The van der Waals surface area contributed by atoms with Gasteiger partial charge in [-0.15, -0.1) is 0 Å². The van der Waals surface area contributed by atoms with Gasteiger partial charge in [0.25, 0.3) is 6.43 Å². The van der Waals surface area contributed by atoms with Gasteiger partial charge < -0.3 is 10.1 Å². The summed E-state index contributed by atoms with van der Waals surface area (Å²) < 4.78 is 30.8. The van der Waals surface area contributed by atoms with Gasteiger partial charge in [0.15, 0.2) is 0 Å². The first kappa shape index (κ1) is 14.2. The lowest BCUT2D eigenvalue weighted by Crippen LogP contribution is -2.50. The van der Waals surface area contributed by atoms with Crippen LogP contribution in [0.3, 0.4) is 0 Å². The summed E-state index contributed by atoms with van der Waals surface area (Å²) >= 11 is 0. The molecule has 0 radical (unpaired) electrons. The Hall–Kier alpha value is -1.20. The van der Waals surface area contributed by atoms with Gasteiger partial charge in [0.2, 0.25) is 0 Å². The second kappa shape index (κ2) is 6.30. The second-order valence-electron chi connectivity index (χ2n) is 4.78. The minimum absolute atomic E-state index is 0.0266. The minimum atomic E-state index is -2.33. The lowest BCUT2D eigenvalue weighted by Gasteiger charge is -2.39. The summed E-state index contributed by atoms with van der Waals surface area (Å²) in [6, 6.07) is 7.73. The molecule has 1 aromatic rings. The van der Waals surface area contributed by atoms with E-state index in [1.165, 1.54) is 0 Å². The van der Waals surface area contributed by atoms with E-state index in [1.807, 2.05) is 31.2 Å². The predicted octanol–water partition coefficient (Wildman–Crippen LogP) is 2.30. The number of nitrogens with zero attached hydrogens (tertiary/aromatic N) is 1. The number of hydrogen-bond donors (Lipinski definition) is 1. The Morgan fingerprint density at radius 1 is 1.42 bits per heavy atom. The Bertz CT molecular complexity index is 414. The van der Waals surface area contributed by atoms with Gasteiger partial charge in [0.1, 0.15) is 12.4 Å². The van der Waals surface area contributed by atoms with Crippen molar-refractivity contribution >= 4 is 0 Å². The fourth-order valence-electron chi connectivity index (χ4n) is 2.55. The van der Waals surface area contributed by atoms with Crippen LogP contribution in [0.1, 0.15) is 18.5 Å². The summed E-state index contributed by atoms with van der Waals surface area (Å²) in [6.45, 7) is 3.00. The number of likely N-dealkylation sites (N-methyl/N-ethyl adjacent to an activating group) is 2. The van der Waals surface area contributed by atoms with Crippen LogP contribution in [0.2, 0.25) is 0 Å². The highest BCUT2D eigenvalue weighted by molar-refractivity contribution is 5.38. The molecule has 1 aliphatic heterocycles. The normalized spacial score (nSPS) is 22.4. The average Bonchev–Trinajstić information content (AvgIpc) is 2.38. The Labute approximate surface area is 112 Å². The van der Waals surface area contributed by atoms with Crippen molar-refractivity contribution in [2.24, 2.45) is 0 Å². The molecule has 1 N–H and O–H groups in total. The van der Waals surface area contributed by atoms with Crippen molar-refractivity contribution in [1.29, 1.82) is 0 Å². The monoisotopic (exact) mass is 270 g/mol. The van der Waals surface area contributed by atoms with Crippen LogP contribution in [0.15, 0.2) is 24.3 Å². The Morgan fingerprint density at radius 3 is 2.84 bits per heavy atom. The lowest BCUT2D eigenvalue weighted by molar-refractivity contribution is 0.0447. The summed E-state index contributed by atoms with van der Waals surface area (Å²) in [6.07, 6.45) is -2.33. The lowest BCUT2D eigenvalue weighted by atomic mass is 9.95. The van der Waals surface area contributed by atoms with Gasteiger partial charge in [-0.1, -0.05) is 25.1 Å². The smallest absolute Gasteiger partial charge is 0.251 e. The van der Waals surface area contributed by atoms with E-state index in [2.05, 4.69) is 5.32 Å². The van der Waals surface area contributed by atoms with Crippen LogP contribution in [0, 0.1) is 0 Å². The highest BCUT2D eigenvalue weighted by atomic mass is 19.3. The van der Waals surface area contributed by atoms with E-state index >= 15 is 0 Å². The molecule has 106 valence electrons. The third-order valence-electron chi connectivity index (χ3n) is 3.46. The number of benzene rings is 1. The van der Waals surface area contributed by atoms with Crippen LogP contribution in [0.4, 0.5) is 8.78 Å². The maximum Gasteiger partial charge on any atom is 0.251 e. The van der Waals surface area contributed by atoms with Gasteiger partial charge in [-0.05, 0) is 19.7 Å². The molecular weight excluding hydrogens is 250 g/mol. The van der Waals surface area contributed by atoms with Gasteiger partial charge in [-0.25, -0.2) is 8.78 Å². The third-order valence-corrected chi connectivity index (χ3v) is 3.46. The second-order valence-corrected chi connectivity index (χ2v) is 4.78. The molecular formula is C14H20F2N2O. The van der Waals surface area contributed by atoms with E-state index in [0.717, 1.165) is 17.9 Å². The zero-order chi connectivity index (χ0) is 13.8. The summed E-state index contributed by atoms with van der Waals surface area (Å²) in [4.78, 5) is 1.67. The van der Waals surface area contributed by atoms with Gasteiger partial charge >= 0.3 is 0 Å². The molecule has 1 heterocycles. The fraction of sp³-hybridized carbons (Fsp3) is 0.571. The molecule has 2 atom stereocenters. The highest BCUT2D eigenvalue weighted by Crippen LogP contribution is 2.33. The van der Waals surface area contributed by atoms with Crippen molar-refractivity contribution < 1.29 is 13.5 Å². The Balaban J connectivity index is 2.21. The number of rotatable bonds is 5. The summed E-state index contributed by atoms with van der Waals surface area (Å²) in [5.41, 5.74) is 1.04. The number of nitrogens with one attached hydrogen (secondary N) is 1. The molecule has 5 heteroatoms. The molecule has 0 aromatic heterocycles. The molecule has 0 fully saturated rings. The summed E-state index contributed by atoms with van der Waals surface area (Å²) in [5, 5.41) is 3.38. The zero-order valence-electron chi connectivity index (χ0n) is 11.3. The molecule has 1 aliphatic rings. The van der Waals surface area contributed by atoms with Gasteiger partial charge in [0, 0.05) is 5.56 Å². The number of hydrogen-bond acceptors (Lipinski definition) is 3. The van der Waals surface area contributed by atoms with Crippen molar-refractivity contribution in [3.05, 3.63) is 29.8 Å². The molecule has 3 nitrogen and oxygen atoms in total. The van der Waals surface area contributed by atoms with Crippen molar-refractivity contribution in [3.8, 4) is 5.75 Å². The van der Waals surface area contributed by atoms with E-state index in [1.54, 1.807) is 11.9 Å². The van der Waals surface area contributed by atoms with Crippen LogP contribution < -0.4 is 10.1 Å². The first-order valence-electron chi connectivity index (χ1n) is 6.57. The van der Waals surface area contributed by atoms with Crippen molar-refractivity contribution in [1.82, 2.24) is 10.2 Å². The predicted molar refractivity (Wildman–Crippen MR) is 70.8 cm³/mol. The van der Waals surface area contributed by atoms with Gasteiger partial charge in [-0.3, -0.25) is 4.90 Å². The van der Waals surface area contributed by atoms with Crippen molar-refractivity contribution in [2.75, 3.05) is 26.7 Å². The van der Waals surface area contributed by atoms with E-state index in [9.17, 15) is 8.78 Å². The van der Waals surface area contributed by atoms with E-state index in [-0.39, 0.29) is 18.6 Å². The Kier molecular flexibility index (Phi) is 4.71. The number of halogens is 2. The van der Waals surface area contributed by atoms with Crippen LogP contribution in [0.5, 0.6) is 5.75 Å². The molecule has 0 bridgehead atoms. The van der Waals surface area contributed by atoms with Crippen molar-refractivity contribution in [3.63, 3.8) is 0 Å². The van der Waals surface area contributed by atoms with Gasteiger partial charge in [-0.2, -0.15) is 0 Å². The molecule has 0 saturated heterocycles. The number of ether oxygens (including phenoxy) is 1. The maximum absolute atomic E-state index is 12.5. The maximum atomic E-state index is 12.5. The third kappa shape index (κ3) is 3.22. The molecule has 2 unspecified atom stereocenters. The number of para-hydroxylation sites is 1. The molecule has 0 aliphatic carbocycles. The van der Waals surface area contributed by atoms with Crippen LogP contribution in [0.25, 0.3) is 0 Å². The largest absolute Gasteiger partial charge is 0.492 e. The molecule has 19 heavy (non-hydrogen) atoms. The highest BCUT2D eigenvalue weighted by Gasteiger charge is 2.33. The number of alkyl halides is 2. The quantitative estimate of drug-likeness (QED) is 0.888. The minimum Gasteiger partial charge on any atom is -0.492 e. The van der Waals surface area contributed by atoms with Crippen molar-refractivity contribution in [2.45, 2.75) is 25.4 Å². The molecule has 0 saturated carbocycles. The summed E-state index contributed by atoms with van der Waals surface area (Å²) in [5.74, 6) is 0.843. The van der Waals surface area contributed by atoms with E-state index < -0.39 is 6.43 Å². The summed E-state index contributed by atoms with van der Waals surface area (Å²) in [7, 11) is 1.72. The first-order valence-corrected chi connectivity index (χ1v) is 6.57. The molecule has 0 spiro atoms. The number of fused-ring (bicyclic) bond motifs is 1. The van der Waals surface area contributed by atoms with E-state index in [4.69, 9.17) is 4.74 Å². The topological polar surface area (TPSA) is 24.5 Å². The fourth-order valence-corrected chi connectivity index (χ4v) is 2.55. The van der Waals surface area contributed by atoms with Crippen LogP contribution in [-0.2, 0) is 0 Å². The van der Waals surface area contributed by atoms with Crippen LogP contribution >= 0.6 is 0 Å². The van der Waals surface area contributed by atoms with Gasteiger partial charge in [0.05, 0.1) is 18.6 Å². The molecule has 2 rings (SSSR count).